The Hall–Kier alpha value is -6.14. The number of nitrogens with zero attached hydrogens (tertiary/aromatic N) is 3. The second-order valence-corrected chi connectivity index (χ2v) is 16.2. The second kappa shape index (κ2) is 11.2. The predicted molar refractivity (Wildman–Crippen MR) is 227 cm³/mol. The van der Waals surface area contributed by atoms with Gasteiger partial charge in [0.05, 0.1) is 32.3 Å². The first-order chi connectivity index (χ1) is 26.3. The van der Waals surface area contributed by atoms with Gasteiger partial charge in [0.15, 0.2) is 5.82 Å². The Morgan fingerprint density at radius 3 is 2.04 bits per heavy atom. The number of rotatable bonds is 3. The van der Waals surface area contributed by atoms with Crippen LogP contribution in [0.15, 0.2) is 164 Å². The van der Waals surface area contributed by atoms with Crippen molar-refractivity contribution in [3.8, 4) is 22.6 Å². The van der Waals surface area contributed by atoms with E-state index >= 15 is 0 Å². The van der Waals surface area contributed by atoms with Crippen LogP contribution in [0.5, 0.6) is 0 Å². The van der Waals surface area contributed by atoms with Crippen molar-refractivity contribution in [3.63, 3.8) is 0 Å². The molecule has 0 radical (unpaired) electrons. The van der Waals surface area contributed by atoms with Gasteiger partial charge in [-0.05, 0) is 57.4 Å². The van der Waals surface area contributed by atoms with Crippen LogP contribution in [0.3, 0.4) is 0 Å². The highest BCUT2D eigenvalue weighted by Crippen LogP contribution is 2.57. The van der Waals surface area contributed by atoms with Gasteiger partial charge < -0.3 is 4.90 Å². The zero-order valence-electron chi connectivity index (χ0n) is 28.4. The van der Waals surface area contributed by atoms with Gasteiger partial charge in [-0.25, -0.2) is 9.97 Å². The molecule has 2 aliphatic rings. The van der Waals surface area contributed by atoms with Crippen LogP contribution < -0.4 is 4.90 Å². The average Bonchev–Trinajstić information content (AvgIpc) is 3.91. The minimum atomic E-state index is 0.188. The van der Waals surface area contributed by atoms with Gasteiger partial charge in [-0.15, -0.1) is 22.7 Å². The van der Waals surface area contributed by atoms with Crippen LogP contribution >= 0.6 is 22.7 Å². The minimum absolute atomic E-state index is 0.188. The van der Waals surface area contributed by atoms with E-state index in [1.807, 2.05) is 11.3 Å². The van der Waals surface area contributed by atoms with Gasteiger partial charge >= 0.3 is 0 Å². The molecule has 0 saturated heterocycles. The summed E-state index contributed by atoms with van der Waals surface area (Å²) in [4.78, 5) is 13.2. The van der Waals surface area contributed by atoms with Gasteiger partial charge in [-0.1, -0.05) is 133 Å². The molecule has 0 saturated carbocycles. The van der Waals surface area contributed by atoms with E-state index in [2.05, 4.69) is 169 Å². The van der Waals surface area contributed by atoms with Gasteiger partial charge in [0.1, 0.15) is 0 Å². The zero-order chi connectivity index (χ0) is 34.6. The largest absolute Gasteiger partial charge is 0.332 e. The standard InChI is InChI=1S/C48H29N3S2/c1-2-12-30-27-31(22-21-28(30)11-1)48-49-43(47-44(50-48)37-17-7-10-20-40(37)53-47)29-23-25-32(26-24-29)51-38-18-8-5-15-35(38)41-33-13-3-4-14-34(33)42-36-16-6-9-19-39(36)52-46(42)45(41)51/h1-27,35,38H. The molecule has 248 valence electrons. The lowest BCUT2D eigenvalue weighted by molar-refractivity contribution is 0.748. The number of anilines is 2. The second-order valence-electron chi connectivity index (χ2n) is 14.0. The Balaban J connectivity index is 1.06. The maximum Gasteiger partial charge on any atom is 0.160 e. The Morgan fingerprint density at radius 1 is 0.528 bits per heavy atom. The molecule has 2 unspecified atom stereocenters. The van der Waals surface area contributed by atoms with Crippen molar-refractivity contribution in [1.82, 2.24) is 9.97 Å². The van der Waals surface area contributed by atoms with Crippen LogP contribution in [0.4, 0.5) is 11.4 Å². The van der Waals surface area contributed by atoms with Crippen molar-refractivity contribution < 1.29 is 0 Å². The van der Waals surface area contributed by atoms with Crippen molar-refractivity contribution in [1.29, 1.82) is 0 Å². The van der Waals surface area contributed by atoms with Crippen LogP contribution in [0.25, 0.3) is 84.7 Å². The molecule has 0 amide bonds. The maximum absolute atomic E-state index is 5.34. The third-order valence-electron chi connectivity index (χ3n) is 11.2. The van der Waals surface area contributed by atoms with Crippen molar-refractivity contribution in [2.24, 2.45) is 0 Å². The van der Waals surface area contributed by atoms with Crippen molar-refractivity contribution >= 4 is 96.1 Å². The van der Waals surface area contributed by atoms with E-state index in [9.17, 15) is 0 Å². The molecule has 1 aliphatic heterocycles. The first-order valence-corrected chi connectivity index (χ1v) is 19.7. The topological polar surface area (TPSA) is 29.0 Å². The van der Waals surface area contributed by atoms with Crippen molar-refractivity contribution in [2.45, 2.75) is 12.0 Å². The van der Waals surface area contributed by atoms with Crippen molar-refractivity contribution in [3.05, 3.63) is 169 Å². The summed E-state index contributed by atoms with van der Waals surface area (Å²) in [5, 5.41) is 8.96. The first-order valence-electron chi connectivity index (χ1n) is 18.1. The summed E-state index contributed by atoms with van der Waals surface area (Å²) in [5.41, 5.74) is 8.06. The fourth-order valence-electron chi connectivity index (χ4n) is 8.83. The summed E-state index contributed by atoms with van der Waals surface area (Å²) >= 11 is 3.70. The smallest absolute Gasteiger partial charge is 0.160 e. The van der Waals surface area contributed by atoms with Crippen LogP contribution in [0.2, 0.25) is 0 Å². The highest BCUT2D eigenvalue weighted by Gasteiger charge is 2.41. The third-order valence-corrected chi connectivity index (χ3v) is 13.5. The number of thiophene rings is 2. The molecule has 0 N–H and O–H groups in total. The molecule has 0 spiro atoms. The highest BCUT2D eigenvalue weighted by molar-refractivity contribution is 7.27. The monoisotopic (exact) mass is 711 g/mol. The average molecular weight is 712 g/mol. The SMILES string of the molecule is C1=CC2c3c(c4sc5ccccc5c4c4ccccc34)N(c3ccc(-c4nc(-c5ccc6ccccc6c5)nc5c4sc4ccccc45)cc3)C2C=C1. The molecule has 4 heterocycles. The third kappa shape index (κ3) is 4.26. The van der Waals surface area contributed by atoms with E-state index in [4.69, 9.17) is 9.97 Å². The number of benzene rings is 7. The van der Waals surface area contributed by atoms with E-state index in [0.717, 1.165) is 32.9 Å². The van der Waals surface area contributed by atoms with Gasteiger partial charge in [0.25, 0.3) is 0 Å². The molecule has 1 aliphatic carbocycles. The molecule has 5 heteroatoms. The molecule has 3 aromatic heterocycles. The molecule has 3 nitrogen and oxygen atoms in total. The minimum Gasteiger partial charge on any atom is -0.332 e. The Kier molecular flexibility index (Phi) is 6.21. The Bertz CT molecular complexity index is 3200. The van der Waals surface area contributed by atoms with Gasteiger partial charge in [0, 0.05) is 48.3 Å². The summed E-state index contributed by atoms with van der Waals surface area (Å²) in [7, 11) is 0. The molecule has 10 aromatic rings. The summed E-state index contributed by atoms with van der Waals surface area (Å²) in [6, 6.07) is 50.8. The molecule has 12 rings (SSSR count). The summed E-state index contributed by atoms with van der Waals surface area (Å²) < 4.78 is 5.04. The lowest BCUT2D eigenvalue weighted by atomic mass is 9.87. The molecule has 2 atom stereocenters. The Labute approximate surface area is 313 Å². The van der Waals surface area contributed by atoms with E-state index in [-0.39, 0.29) is 12.0 Å². The van der Waals surface area contributed by atoms with Crippen LogP contribution in [-0.4, -0.2) is 16.0 Å². The van der Waals surface area contributed by atoms with Crippen LogP contribution in [0.1, 0.15) is 11.5 Å². The molecule has 53 heavy (non-hydrogen) atoms. The van der Waals surface area contributed by atoms with E-state index < -0.39 is 0 Å². The number of allylic oxidation sites excluding steroid dienone is 2. The van der Waals surface area contributed by atoms with Gasteiger partial charge in [0.2, 0.25) is 0 Å². The number of fused-ring (bicyclic) bond motifs is 14. The van der Waals surface area contributed by atoms with Gasteiger partial charge in [-0.3, -0.25) is 0 Å². The van der Waals surface area contributed by atoms with Crippen LogP contribution in [-0.2, 0) is 0 Å². The lowest BCUT2D eigenvalue weighted by Crippen LogP contribution is -2.28. The fraction of sp³-hybridized carbons (Fsp3) is 0.0417. The molecular weight excluding hydrogens is 683 g/mol. The summed E-state index contributed by atoms with van der Waals surface area (Å²) in [5.74, 6) is 1.01. The predicted octanol–water partition coefficient (Wildman–Crippen LogP) is 13.6. The fourth-order valence-corrected chi connectivity index (χ4v) is 11.3. The number of hydrogen-bond acceptors (Lipinski definition) is 5. The lowest BCUT2D eigenvalue weighted by Gasteiger charge is -2.29. The number of aromatic nitrogens is 2. The zero-order valence-corrected chi connectivity index (χ0v) is 30.0. The molecule has 7 aromatic carbocycles. The molecular formula is C48H29N3S2. The first kappa shape index (κ1) is 29.4. The van der Waals surface area contributed by atoms with Gasteiger partial charge in [-0.2, -0.15) is 0 Å². The molecule has 0 bridgehead atoms. The van der Waals surface area contributed by atoms with E-state index in [1.165, 1.54) is 68.7 Å². The normalized spacial score (nSPS) is 16.5. The van der Waals surface area contributed by atoms with Crippen LogP contribution in [0, 0.1) is 0 Å². The molecule has 0 fully saturated rings. The summed E-state index contributed by atoms with van der Waals surface area (Å²) in [6.07, 6.45) is 9.22. The number of hydrogen-bond donors (Lipinski definition) is 0. The Morgan fingerprint density at radius 2 is 1.19 bits per heavy atom. The maximum atomic E-state index is 5.34. The van der Waals surface area contributed by atoms with E-state index in [0.29, 0.717) is 0 Å². The van der Waals surface area contributed by atoms with E-state index in [1.54, 1.807) is 11.3 Å². The quantitative estimate of drug-likeness (QED) is 0.183. The van der Waals surface area contributed by atoms with Crippen molar-refractivity contribution in [2.75, 3.05) is 4.90 Å². The highest BCUT2D eigenvalue weighted by atomic mass is 32.1. The summed E-state index contributed by atoms with van der Waals surface area (Å²) in [6.45, 7) is 0.